The van der Waals surface area contributed by atoms with Gasteiger partial charge in [0, 0.05) is 19.0 Å². The maximum atomic E-state index is 12.8. The summed E-state index contributed by atoms with van der Waals surface area (Å²) < 4.78 is 5.50. The van der Waals surface area contributed by atoms with Crippen LogP contribution in [-0.4, -0.2) is 73.3 Å². The van der Waals surface area contributed by atoms with Crippen LogP contribution in [0.5, 0.6) is 0 Å². The standard InChI is InChI=1S/C18H30N2O3/c1-12(21)18-14-7-5-4-6-13(14)15(20(18)3)10-17(22)16-11-23-9-8-19(16)2/h13-16,18H,4-11H2,1-3H3/t13?,14?,15?,16-,18+/m0/s1. The van der Waals surface area contributed by atoms with Gasteiger partial charge in [-0.1, -0.05) is 12.8 Å². The molecule has 5 nitrogen and oxygen atoms in total. The topological polar surface area (TPSA) is 49.9 Å². The minimum absolute atomic E-state index is 0.0124. The fourth-order valence-corrected chi connectivity index (χ4v) is 5.12. The molecule has 1 saturated carbocycles. The van der Waals surface area contributed by atoms with Crippen LogP contribution in [-0.2, 0) is 14.3 Å². The fourth-order valence-electron chi connectivity index (χ4n) is 5.12. The molecule has 3 rings (SSSR count). The van der Waals surface area contributed by atoms with Gasteiger partial charge in [0.1, 0.15) is 5.78 Å². The Morgan fingerprint density at radius 2 is 1.83 bits per heavy atom. The first kappa shape index (κ1) is 17.1. The highest BCUT2D eigenvalue weighted by Gasteiger charge is 2.50. The lowest BCUT2D eigenvalue weighted by Gasteiger charge is -2.34. The number of fused-ring (bicyclic) bond motifs is 1. The van der Waals surface area contributed by atoms with Crippen molar-refractivity contribution in [1.29, 1.82) is 0 Å². The molecule has 2 heterocycles. The van der Waals surface area contributed by atoms with E-state index in [1.807, 2.05) is 14.1 Å². The maximum absolute atomic E-state index is 12.8. The highest BCUT2D eigenvalue weighted by atomic mass is 16.5. The molecule has 5 atom stereocenters. The number of hydrogen-bond donors (Lipinski definition) is 0. The lowest BCUT2D eigenvalue weighted by molar-refractivity contribution is -0.131. The molecule has 3 unspecified atom stereocenters. The number of ether oxygens (including phenoxy) is 1. The van der Waals surface area contributed by atoms with Crippen molar-refractivity contribution < 1.29 is 14.3 Å². The summed E-state index contributed by atoms with van der Waals surface area (Å²) in [6, 6.07) is 0.117. The molecule has 2 aliphatic heterocycles. The van der Waals surface area contributed by atoms with Gasteiger partial charge < -0.3 is 4.74 Å². The van der Waals surface area contributed by atoms with Gasteiger partial charge in [-0.25, -0.2) is 0 Å². The van der Waals surface area contributed by atoms with Crippen LogP contribution in [0.4, 0.5) is 0 Å². The summed E-state index contributed by atoms with van der Waals surface area (Å²) in [6.45, 7) is 3.75. The minimum atomic E-state index is -0.115. The Hall–Kier alpha value is -0.780. The van der Waals surface area contributed by atoms with Crippen molar-refractivity contribution in [3.63, 3.8) is 0 Å². The fraction of sp³-hybridized carbons (Fsp3) is 0.889. The van der Waals surface area contributed by atoms with Crippen LogP contribution in [0, 0.1) is 11.8 Å². The van der Waals surface area contributed by atoms with E-state index in [4.69, 9.17) is 4.74 Å². The largest absolute Gasteiger partial charge is 0.378 e. The number of ketones is 2. The zero-order valence-electron chi connectivity index (χ0n) is 14.7. The molecule has 0 aromatic heterocycles. The van der Waals surface area contributed by atoms with Gasteiger partial charge >= 0.3 is 0 Å². The van der Waals surface area contributed by atoms with Crippen molar-refractivity contribution in [3.05, 3.63) is 0 Å². The molecular weight excluding hydrogens is 292 g/mol. The van der Waals surface area contributed by atoms with E-state index < -0.39 is 0 Å². The molecule has 23 heavy (non-hydrogen) atoms. The number of morpholine rings is 1. The summed E-state index contributed by atoms with van der Waals surface area (Å²) in [5, 5.41) is 0. The average Bonchev–Trinajstić information content (AvgIpc) is 2.80. The van der Waals surface area contributed by atoms with Gasteiger partial charge in [0.2, 0.25) is 0 Å². The Bertz CT molecular complexity index is 467. The number of likely N-dealkylation sites (tertiary alicyclic amines) is 1. The van der Waals surface area contributed by atoms with Gasteiger partial charge in [0.05, 0.1) is 25.3 Å². The van der Waals surface area contributed by atoms with Crippen LogP contribution < -0.4 is 0 Å². The van der Waals surface area contributed by atoms with Crippen LogP contribution in [0.3, 0.4) is 0 Å². The summed E-state index contributed by atoms with van der Waals surface area (Å²) in [6.07, 6.45) is 5.30. The third kappa shape index (κ3) is 3.24. The molecule has 3 aliphatic rings. The predicted molar refractivity (Wildman–Crippen MR) is 88.3 cm³/mol. The monoisotopic (exact) mass is 322 g/mol. The van der Waals surface area contributed by atoms with E-state index >= 15 is 0 Å². The number of rotatable bonds is 4. The second-order valence-electron chi connectivity index (χ2n) is 7.64. The van der Waals surface area contributed by atoms with E-state index in [1.165, 1.54) is 12.8 Å². The Balaban J connectivity index is 1.73. The van der Waals surface area contributed by atoms with Crippen LogP contribution in [0.1, 0.15) is 39.0 Å². The Labute approximate surface area is 139 Å². The smallest absolute Gasteiger partial charge is 0.153 e. The molecule has 1 aliphatic carbocycles. The summed E-state index contributed by atoms with van der Waals surface area (Å²) in [4.78, 5) is 29.3. The Morgan fingerprint density at radius 3 is 2.48 bits per heavy atom. The molecule has 3 fully saturated rings. The lowest BCUT2D eigenvalue weighted by atomic mass is 9.74. The minimum Gasteiger partial charge on any atom is -0.378 e. The molecule has 130 valence electrons. The number of Topliss-reactive ketones (excluding diaryl/α,β-unsaturated/α-hetero) is 2. The Morgan fingerprint density at radius 1 is 1.13 bits per heavy atom. The summed E-state index contributed by atoms with van der Waals surface area (Å²) in [5.41, 5.74) is 0. The first-order valence-corrected chi connectivity index (χ1v) is 9.03. The van der Waals surface area contributed by atoms with Gasteiger partial charge in [-0.2, -0.15) is 0 Å². The molecule has 0 radical (unpaired) electrons. The van der Waals surface area contributed by atoms with E-state index in [-0.39, 0.29) is 29.7 Å². The van der Waals surface area contributed by atoms with Gasteiger partial charge in [-0.3, -0.25) is 19.4 Å². The van der Waals surface area contributed by atoms with E-state index in [0.717, 1.165) is 19.4 Å². The van der Waals surface area contributed by atoms with Gasteiger partial charge in [-0.15, -0.1) is 0 Å². The van der Waals surface area contributed by atoms with Crippen molar-refractivity contribution >= 4 is 11.6 Å². The zero-order valence-corrected chi connectivity index (χ0v) is 14.7. The van der Waals surface area contributed by atoms with Crippen molar-refractivity contribution in [3.8, 4) is 0 Å². The van der Waals surface area contributed by atoms with Crippen molar-refractivity contribution in [1.82, 2.24) is 9.80 Å². The van der Waals surface area contributed by atoms with Crippen molar-refractivity contribution in [2.75, 3.05) is 33.9 Å². The predicted octanol–water partition coefficient (Wildman–Crippen LogP) is 1.35. The zero-order chi connectivity index (χ0) is 16.6. The molecule has 5 heteroatoms. The third-order valence-corrected chi connectivity index (χ3v) is 6.33. The van der Waals surface area contributed by atoms with E-state index in [2.05, 4.69) is 9.80 Å². The number of likely N-dealkylation sites (N-methyl/N-ethyl adjacent to an activating group) is 2. The molecule has 0 bridgehead atoms. The van der Waals surface area contributed by atoms with Crippen LogP contribution in [0.2, 0.25) is 0 Å². The summed E-state index contributed by atoms with van der Waals surface area (Å²) in [5.74, 6) is 1.49. The highest BCUT2D eigenvalue weighted by Crippen LogP contribution is 2.45. The van der Waals surface area contributed by atoms with Crippen molar-refractivity contribution in [2.24, 2.45) is 11.8 Å². The third-order valence-electron chi connectivity index (χ3n) is 6.33. The molecule has 0 aromatic carbocycles. The maximum Gasteiger partial charge on any atom is 0.153 e. The number of hydrogen-bond acceptors (Lipinski definition) is 5. The van der Waals surface area contributed by atoms with Gasteiger partial charge in [-0.05, 0) is 45.7 Å². The number of carbonyl (C=O) groups excluding carboxylic acids is 2. The molecular formula is C18H30N2O3. The summed E-state index contributed by atoms with van der Waals surface area (Å²) in [7, 11) is 4.05. The van der Waals surface area contributed by atoms with Crippen molar-refractivity contribution in [2.45, 2.75) is 57.2 Å². The lowest BCUT2D eigenvalue weighted by Crippen LogP contribution is -2.49. The quantitative estimate of drug-likeness (QED) is 0.782. The van der Waals surface area contributed by atoms with E-state index in [1.54, 1.807) is 6.92 Å². The number of nitrogens with zero attached hydrogens (tertiary/aromatic N) is 2. The molecule has 0 amide bonds. The van der Waals surface area contributed by atoms with E-state index in [0.29, 0.717) is 31.5 Å². The summed E-state index contributed by atoms with van der Waals surface area (Å²) >= 11 is 0. The van der Waals surface area contributed by atoms with E-state index in [9.17, 15) is 9.59 Å². The first-order valence-electron chi connectivity index (χ1n) is 9.03. The molecule has 0 spiro atoms. The van der Waals surface area contributed by atoms with Crippen LogP contribution in [0.25, 0.3) is 0 Å². The van der Waals surface area contributed by atoms with Crippen LogP contribution in [0.15, 0.2) is 0 Å². The Kier molecular flexibility index (Phi) is 5.19. The second-order valence-corrected chi connectivity index (χ2v) is 7.64. The highest BCUT2D eigenvalue weighted by molar-refractivity contribution is 5.86. The SMILES string of the molecule is CC(=O)[C@@H]1C2CCCCC2C(CC(=O)[C@@H]2COCCN2C)N1C. The van der Waals surface area contributed by atoms with Gasteiger partial charge in [0.25, 0.3) is 0 Å². The molecule has 2 saturated heterocycles. The second kappa shape index (κ2) is 6.99. The normalized spacial score (nSPS) is 39.2. The molecule has 0 N–H and O–H groups in total. The average molecular weight is 322 g/mol. The van der Waals surface area contributed by atoms with Crippen LogP contribution >= 0.6 is 0 Å². The van der Waals surface area contributed by atoms with Gasteiger partial charge in [0.15, 0.2) is 5.78 Å². The number of carbonyl (C=O) groups is 2. The molecule has 0 aromatic rings. The first-order chi connectivity index (χ1) is 11.0.